The van der Waals surface area contributed by atoms with Crippen LogP contribution >= 0.6 is 0 Å². The van der Waals surface area contributed by atoms with Crippen LogP contribution in [0, 0.1) is 23.7 Å². The molecule has 8 nitrogen and oxygen atoms in total. The highest BCUT2D eigenvalue weighted by Crippen LogP contribution is 2.34. The van der Waals surface area contributed by atoms with Crippen LogP contribution in [-0.2, 0) is 10.0 Å². The van der Waals surface area contributed by atoms with Gasteiger partial charge in [-0.05, 0) is 44.9 Å². The first-order valence-corrected chi connectivity index (χ1v) is 13.2. The van der Waals surface area contributed by atoms with Gasteiger partial charge in [-0.15, -0.1) is 0 Å². The van der Waals surface area contributed by atoms with E-state index in [9.17, 15) is 18.3 Å². The maximum atomic E-state index is 13.5. The first-order valence-electron chi connectivity index (χ1n) is 11.8. The number of benzene rings is 1. The lowest BCUT2D eigenvalue weighted by Gasteiger charge is -2.37. The summed E-state index contributed by atoms with van der Waals surface area (Å²) < 4.78 is 34.6. The molecule has 0 saturated carbocycles. The summed E-state index contributed by atoms with van der Waals surface area (Å²) in [7, 11) is -2.23. The van der Waals surface area contributed by atoms with Crippen molar-refractivity contribution in [3.05, 3.63) is 23.8 Å². The first kappa shape index (κ1) is 28.0. The van der Waals surface area contributed by atoms with Crippen molar-refractivity contribution in [3.8, 4) is 17.6 Å². The summed E-state index contributed by atoms with van der Waals surface area (Å²) in [5.41, 5.74) is 0.661. The third-order valence-electron chi connectivity index (χ3n) is 5.62. The topological polar surface area (TPSA) is 99.2 Å². The minimum Gasteiger partial charge on any atom is -0.487 e. The average Bonchev–Trinajstić information content (AvgIpc) is 2.74. The van der Waals surface area contributed by atoms with E-state index >= 15 is 0 Å². The van der Waals surface area contributed by atoms with Crippen molar-refractivity contribution in [3.63, 3.8) is 0 Å². The summed E-state index contributed by atoms with van der Waals surface area (Å²) >= 11 is 0. The van der Waals surface area contributed by atoms with Crippen LogP contribution in [0.3, 0.4) is 0 Å². The first-order chi connectivity index (χ1) is 15.9. The van der Waals surface area contributed by atoms with Gasteiger partial charge in [0, 0.05) is 43.6 Å². The van der Waals surface area contributed by atoms with E-state index in [-0.39, 0.29) is 48.3 Å². The quantitative estimate of drug-likeness (QED) is 0.594. The van der Waals surface area contributed by atoms with Crippen LogP contribution in [0.4, 0.5) is 4.79 Å². The van der Waals surface area contributed by atoms with Gasteiger partial charge in [0.25, 0.3) is 0 Å². The lowest BCUT2D eigenvalue weighted by atomic mass is 10.0. The molecule has 1 aliphatic heterocycles. The van der Waals surface area contributed by atoms with Crippen molar-refractivity contribution in [2.45, 2.75) is 71.0 Å². The molecule has 1 aliphatic rings. The number of sulfonamides is 1. The molecular weight excluding hydrogens is 454 g/mol. The van der Waals surface area contributed by atoms with Crippen molar-refractivity contribution < 1.29 is 23.1 Å². The fourth-order valence-corrected chi connectivity index (χ4v) is 5.41. The van der Waals surface area contributed by atoms with Gasteiger partial charge in [-0.3, -0.25) is 0 Å². The second kappa shape index (κ2) is 11.9. The summed E-state index contributed by atoms with van der Waals surface area (Å²) in [6.07, 6.45) is 0.261. The second-order valence-electron chi connectivity index (χ2n) is 9.79. The normalized spacial score (nSPS) is 20.9. The molecule has 0 bridgehead atoms. The van der Waals surface area contributed by atoms with Crippen molar-refractivity contribution in [1.29, 1.82) is 0 Å². The number of nitrogens with one attached hydrogen (secondary N) is 1. The number of rotatable bonds is 6. The number of fused-ring (bicyclic) bond motifs is 1. The van der Waals surface area contributed by atoms with Crippen molar-refractivity contribution in [1.82, 2.24) is 14.5 Å². The Labute approximate surface area is 204 Å². The van der Waals surface area contributed by atoms with Gasteiger partial charge in [-0.2, -0.15) is 4.31 Å². The Morgan fingerprint density at radius 3 is 2.56 bits per heavy atom. The van der Waals surface area contributed by atoms with Crippen LogP contribution in [-0.4, -0.2) is 73.7 Å². The van der Waals surface area contributed by atoms with E-state index in [1.165, 1.54) is 10.4 Å². The molecule has 2 N–H and O–H groups in total. The Kier molecular flexibility index (Phi) is 9.80. The second-order valence-corrected chi connectivity index (χ2v) is 11.6. The molecule has 9 heteroatoms. The van der Waals surface area contributed by atoms with Gasteiger partial charge in [-0.25, -0.2) is 13.2 Å². The third kappa shape index (κ3) is 7.11. The van der Waals surface area contributed by atoms with Gasteiger partial charge in [0.15, 0.2) is 0 Å². The number of amides is 2. The highest BCUT2D eigenvalue weighted by molar-refractivity contribution is 7.89. The van der Waals surface area contributed by atoms with Gasteiger partial charge >= 0.3 is 6.03 Å². The van der Waals surface area contributed by atoms with E-state index in [0.29, 0.717) is 11.5 Å². The SMILES string of the molecule is CC(C)CC#Cc1ccc2c(c1)O[C@@H](CN(C)C(=O)NC(C)C)[C@@H](C)CN([C@H](C)CO)S2(=O)=O. The predicted molar refractivity (Wildman–Crippen MR) is 133 cm³/mol. The largest absolute Gasteiger partial charge is 0.487 e. The predicted octanol–water partition coefficient (Wildman–Crippen LogP) is 2.90. The molecule has 0 fully saturated rings. The molecule has 2 rings (SSSR count). The van der Waals surface area contributed by atoms with Gasteiger partial charge < -0.3 is 20.1 Å². The Balaban J connectivity index is 2.50. The molecular formula is C25H39N3O5S. The van der Waals surface area contributed by atoms with Gasteiger partial charge in [0.05, 0.1) is 13.2 Å². The number of hydrogen-bond donors (Lipinski definition) is 2. The molecule has 2 amide bonds. The molecule has 3 atom stereocenters. The average molecular weight is 494 g/mol. The summed E-state index contributed by atoms with van der Waals surface area (Å²) in [6.45, 7) is 11.6. The maximum absolute atomic E-state index is 13.5. The summed E-state index contributed by atoms with van der Waals surface area (Å²) in [6, 6.07) is 4.01. The molecule has 0 radical (unpaired) electrons. The van der Waals surface area contributed by atoms with Gasteiger partial charge in [-0.1, -0.05) is 32.6 Å². The van der Waals surface area contributed by atoms with Crippen molar-refractivity contribution in [2.24, 2.45) is 11.8 Å². The third-order valence-corrected chi connectivity index (χ3v) is 7.64. The van der Waals surface area contributed by atoms with Crippen LogP contribution < -0.4 is 10.1 Å². The number of likely N-dealkylation sites (N-methyl/N-ethyl adjacent to an activating group) is 1. The van der Waals surface area contributed by atoms with Crippen LogP contribution in [0.15, 0.2) is 23.1 Å². The van der Waals surface area contributed by atoms with Gasteiger partial charge in [0.1, 0.15) is 16.7 Å². The maximum Gasteiger partial charge on any atom is 0.317 e. The zero-order chi connectivity index (χ0) is 25.6. The van der Waals surface area contributed by atoms with E-state index in [2.05, 4.69) is 31.0 Å². The van der Waals surface area contributed by atoms with E-state index in [1.54, 1.807) is 31.0 Å². The zero-order valence-electron chi connectivity index (χ0n) is 21.3. The molecule has 34 heavy (non-hydrogen) atoms. The van der Waals surface area contributed by atoms with E-state index < -0.39 is 22.2 Å². The molecule has 190 valence electrons. The number of ether oxygens (including phenoxy) is 1. The minimum absolute atomic E-state index is 0.00985. The molecule has 1 heterocycles. The molecule has 0 aliphatic carbocycles. The minimum atomic E-state index is -3.91. The number of aliphatic hydroxyl groups is 1. The van der Waals surface area contributed by atoms with E-state index in [4.69, 9.17) is 4.74 Å². The Morgan fingerprint density at radius 2 is 1.97 bits per heavy atom. The van der Waals surface area contributed by atoms with Crippen LogP contribution in [0.2, 0.25) is 0 Å². The zero-order valence-corrected chi connectivity index (χ0v) is 22.1. The molecule has 0 unspecified atom stereocenters. The standard InChI is InChI=1S/C25H39N3O5S/c1-17(2)9-8-10-21-11-12-24-22(13-21)33-23(15-27(7)25(30)26-18(3)4)19(5)14-28(20(6)16-29)34(24,31)32/h11-13,17-20,23,29H,9,14-16H2,1-7H3,(H,26,30)/t19-,20+,23-/m0/s1. The number of carbonyl (C=O) groups excluding carboxylic acids is 1. The van der Waals surface area contributed by atoms with Crippen LogP contribution in [0.5, 0.6) is 5.75 Å². The fraction of sp³-hybridized carbons (Fsp3) is 0.640. The number of aliphatic hydroxyl groups excluding tert-OH is 1. The lowest BCUT2D eigenvalue weighted by Crippen LogP contribution is -2.51. The molecule has 0 saturated heterocycles. The Hall–Kier alpha value is -2.28. The Morgan fingerprint density at radius 1 is 1.29 bits per heavy atom. The van der Waals surface area contributed by atoms with Crippen molar-refractivity contribution in [2.75, 3.05) is 26.7 Å². The number of nitrogens with zero attached hydrogens (tertiary/aromatic N) is 2. The molecule has 0 aromatic heterocycles. The summed E-state index contributed by atoms with van der Waals surface area (Å²) in [4.78, 5) is 14.1. The van der Waals surface area contributed by atoms with Crippen LogP contribution in [0.1, 0.15) is 53.5 Å². The summed E-state index contributed by atoms with van der Waals surface area (Å²) in [5.74, 6) is 6.60. The molecule has 0 spiro atoms. The monoisotopic (exact) mass is 493 g/mol. The number of carbonyl (C=O) groups is 1. The Bertz CT molecular complexity index is 1010. The highest BCUT2D eigenvalue weighted by atomic mass is 32.2. The van der Waals surface area contributed by atoms with Gasteiger partial charge in [0.2, 0.25) is 10.0 Å². The summed E-state index contributed by atoms with van der Waals surface area (Å²) in [5, 5.41) is 12.6. The fourth-order valence-electron chi connectivity index (χ4n) is 3.59. The van der Waals surface area contributed by atoms with Crippen LogP contribution in [0.25, 0.3) is 0 Å². The van der Waals surface area contributed by atoms with E-state index in [0.717, 1.165) is 6.42 Å². The molecule has 1 aromatic carbocycles. The highest BCUT2D eigenvalue weighted by Gasteiger charge is 2.38. The smallest absolute Gasteiger partial charge is 0.317 e. The lowest BCUT2D eigenvalue weighted by molar-refractivity contribution is 0.0809. The molecule has 1 aromatic rings. The number of urea groups is 1. The number of hydrogen-bond acceptors (Lipinski definition) is 5. The van der Waals surface area contributed by atoms with Crippen molar-refractivity contribution >= 4 is 16.1 Å². The van der Waals surface area contributed by atoms with E-state index in [1.807, 2.05) is 20.8 Å².